The third-order valence-corrected chi connectivity index (χ3v) is 2.07. The zero-order valence-corrected chi connectivity index (χ0v) is 11.4. The molecule has 0 radical (unpaired) electrons. The number of nitrogens with one attached hydrogen (secondary N) is 1. The Bertz CT molecular complexity index is 308. The SMILES string of the molecule is C#CCNCC(=O)N(CC(=O)OCC)CC(C)C. The van der Waals surface area contributed by atoms with Gasteiger partial charge in [-0.15, -0.1) is 6.42 Å². The summed E-state index contributed by atoms with van der Waals surface area (Å²) in [5.41, 5.74) is 0. The number of terminal acetylenes is 1. The Morgan fingerprint density at radius 1 is 1.44 bits per heavy atom. The predicted molar refractivity (Wildman–Crippen MR) is 69.8 cm³/mol. The van der Waals surface area contributed by atoms with E-state index in [0.29, 0.717) is 19.7 Å². The molecule has 0 aliphatic rings. The molecule has 1 amide bonds. The summed E-state index contributed by atoms with van der Waals surface area (Å²) in [6.45, 7) is 7.01. The number of carbonyl (C=O) groups excluding carboxylic acids is 2. The van der Waals surface area contributed by atoms with Gasteiger partial charge in [-0.2, -0.15) is 0 Å². The van der Waals surface area contributed by atoms with Crippen molar-refractivity contribution in [2.24, 2.45) is 5.92 Å². The molecule has 0 aliphatic heterocycles. The highest BCUT2D eigenvalue weighted by atomic mass is 16.5. The molecule has 0 aromatic rings. The first-order valence-corrected chi connectivity index (χ1v) is 6.08. The van der Waals surface area contributed by atoms with Crippen LogP contribution in [0.2, 0.25) is 0 Å². The van der Waals surface area contributed by atoms with Gasteiger partial charge < -0.3 is 9.64 Å². The van der Waals surface area contributed by atoms with E-state index in [2.05, 4.69) is 11.2 Å². The highest BCUT2D eigenvalue weighted by Crippen LogP contribution is 2.00. The number of carbonyl (C=O) groups is 2. The lowest BCUT2D eigenvalue weighted by Gasteiger charge is -2.23. The molecule has 0 atom stereocenters. The molecular formula is C13H22N2O3. The molecule has 0 aromatic heterocycles. The molecule has 0 bridgehead atoms. The zero-order chi connectivity index (χ0) is 14.0. The monoisotopic (exact) mass is 254 g/mol. The van der Waals surface area contributed by atoms with Gasteiger partial charge in [0.2, 0.25) is 5.91 Å². The fraction of sp³-hybridized carbons (Fsp3) is 0.692. The second kappa shape index (κ2) is 9.49. The molecule has 18 heavy (non-hydrogen) atoms. The number of ether oxygens (including phenoxy) is 1. The van der Waals surface area contributed by atoms with Crippen molar-refractivity contribution in [3.8, 4) is 12.3 Å². The van der Waals surface area contributed by atoms with Gasteiger partial charge in [-0.25, -0.2) is 0 Å². The minimum Gasteiger partial charge on any atom is -0.465 e. The van der Waals surface area contributed by atoms with Crippen LogP contribution < -0.4 is 5.32 Å². The first-order valence-electron chi connectivity index (χ1n) is 6.08. The Morgan fingerprint density at radius 2 is 2.11 bits per heavy atom. The van der Waals surface area contributed by atoms with Gasteiger partial charge in [0, 0.05) is 6.54 Å². The second-order valence-electron chi connectivity index (χ2n) is 4.28. The molecule has 0 fully saturated rings. The number of nitrogens with zero attached hydrogens (tertiary/aromatic N) is 1. The largest absolute Gasteiger partial charge is 0.465 e. The molecule has 0 saturated heterocycles. The van der Waals surface area contributed by atoms with Crippen LogP contribution in [0.4, 0.5) is 0 Å². The summed E-state index contributed by atoms with van der Waals surface area (Å²) < 4.78 is 4.84. The predicted octanol–water partition coefficient (Wildman–Crippen LogP) is 0.257. The molecule has 0 saturated carbocycles. The van der Waals surface area contributed by atoms with Gasteiger partial charge in [0.1, 0.15) is 6.54 Å². The molecule has 5 nitrogen and oxygen atoms in total. The zero-order valence-electron chi connectivity index (χ0n) is 11.4. The van der Waals surface area contributed by atoms with Crippen LogP contribution in [0.5, 0.6) is 0 Å². The van der Waals surface area contributed by atoms with Gasteiger partial charge in [0.25, 0.3) is 0 Å². The van der Waals surface area contributed by atoms with Gasteiger partial charge in [-0.3, -0.25) is 14.9 Å². The Labute approximate surface area is 109 Å². The maximum absolute atomic E-state index is 11.9. The molecule has 5 heteroatoms. The van der Waals surface area contributed by atoms with Crippen molar-refractivity contribution in [3.63, 3.8) is 0 Å². The van der Waals surface area contributed by atoms with Crippen molar-refractivity contribution in [2.75, 3.05) is 32.8 Å². The molecule has 0 heterocycles. The average Bonchev–Trinajstić information content (AvgIpc) is 2.28. The van der Waals surface area contributed by atoms with Crippen LogP contribution in [-0.2, 0) is 14.3 Å². The maximum Gasteiger partial charge on any atom is 0.325 e. The molecule has 0 unspecified atom stereocenters. The van der Waals surface area contributed by atoms with E-state index in [1.165, 1.54) is 4.90 Å². The summed E-state index contributed by atoms with van der Waals surface area (Å²) in [5.74, 6) is 2.15. The van der Waals surface area contributed by atoms with Gasteiger partial charge >= 0.3 is 5.97 Å². The van der Waals surface area contributed by atoms with E-state index >= 15 is 0 Å². The van der Waals surface area contributed by atoms with Crippen LogP contribution in [0.25, 0.3) is 0 Å². The normalized spacial score (nSPS) is 9.94. The Morgan fingerprint density at radius 3 is 2.61 bits per heavy atom. The van der Waals surface area contributed by atoms with E-state index in [9.17, 15) is 9.59 Å². The number of esters is 1. The summed E-state index contributed by atoms with van der Waals surface area (Å²) in [7, 11) is 0. The standard InChI is InChI=1S/C13H22N2O3/c1-5-7-14-8-12(16)15(9-11(3)4)10-13(17)18-6-2/h1,11,14H,6-10H2,2-4H3. The summed E-state index contributed by atoms with van der Waals surface area (Å²) in [5, 5.41) is 2.81. The van der Waals surface area contributed by atoms with E-state index in [0.717, 1.165) is 0 Å². The Balaban J connectivity index is 4.33. The van der Waals surface area contributed by atoms with Crippen molar-refractivity contribution in [2.45, 2.75) is 20.8 Å². The maximum atomic E-state index is 11.9. The summed E-state index contributed by atoms with van der Waals surface area (Å²) in [6, 6.07) is 0. The highest BCUT2D eigenvalue weighted by molar-refractivity contribution is 5.83. The van der Waals surface area contributed by atoms with Gasteiger partial charge in [0.15, 0.2) is 0 Å². The van der Waals surface area contributed by atoms with Crippen LogP contribution in [-0.4, -0.2) is 49.6 Å². The molecule has 102 valence electrons. The molecular weight excluding hydrogens is 232 g/mol. The van der Waals surface area contributed by atoms with E-state index in [-0.39, 0.29) is 30.9 Å². The van der Waals surface area contributed by atoms with Gasteiger partial charge in [0.05, 0.1) is 19.7 Å². The Kier molecular flexibility index (Phi) is 8.67. The summed E-state index contributed by atoms with van der Waals surface area (Å²) in [4.78, 5) is 24.8. The van der Waals surface area contributed by atoms with Crippen LogP contribution in [0.3, 0.4) is 0 Å². The second-order valence-corrected chi connectivity index (χ2v) is 4.28. The lowest BCUT2D eigenvalue weighted by Crippen LogP contribution is -2.43. The third-order valence-electron chi connectivity index (χ3n) is 2.07. The van der Waals surface area contributed by atoms with Crippen molar-refractivity contribution in [1.29, 1.82) is 0 Å². The van der Waals surface area contributed by atoms with Crippen molar-refractivity contribution < 1.29 is 14.3 Å². The topological polar surface area (TPSA) is 58.6 Å². The lowest BCUT2D eigenvalue weighted by atomic mass is 10.2. The lowest BCUT2D eigenvalue weighted by molar-refractivity contribution is -0.149. The number of hydrogen-bond donors (Lipinski definition) is 1. The van der Waals surface area contributed by atoms with Crippen molar-refractivity contribution >= 4 is 11.9 Å². The van der Waals surface area contributed by atoms with Crippen molar-refractivity contribution in [1.82, 2.24) is 10.2 Å². The molecule has 0 spiro atoms. The van der Waals surface area contributed by atoms with Crippen LogP contribution in [0, 0.1) is 18.3 Å². The number of hydrogen-bond acceptors (Lipinski definition) is 4. The molecule has 1 N–H and O–H groups in total. The summed E-state index contributed by atoms with van der Waals surface area (Å²) in [6.07, 6.45) is 5.08. The van der Waals surface area contributed by atoms with Crippen LogP contribution >= 0.6 is 0 Å². The first kappa shape index (κ1) is 16.5. The van der Waals surface area contributed by atoms with Crippen LogP contribution in [0.15, 0.2) is 0 Å². The molecule has 0 aromatic carbocycles. The fourth-order valence-electron chi connectivity index (χ4n) is 1.41. The molecule has 0 rings (SSSR count). The third kappa shape index (κ3) is 7.69. The van der Waals surface area contributed by atoms with E-state index in [4.69, 9.17) is 11.2 Å². The average molecular weight is 254 g/mol. The van der Waals surface area contributed by atoms with E-state index in [1.807, 2.05) is 13.8 Å². The minimum absolute atomic E-state index is 0.0113. The van der Waals surface area contributed by atoms with E-state index < -0.39 is 0 Å². The first-order chi connectivity index (χ1) is 8.51. The minimum atomic E-state index is -0.386. The summed E-state index contributed by atoms with van der Waals surface area (Å²) >= 11 is 0. The van der Waals surface area contributed by atoms with Gasteiger partial charge in [-0.1, -0.05) is 19.8 Å². The number of amides is 1. The smallest absolute Gasteiger partial charge is 0.325 e. The van der Waals surface area contributed by atoms with E-state index in [1.54, 1.807) is 6.92 Å². The van der Waals surface area contributed by atoms with Crippen LogP contribution in [0.1, 0.15) is 20.8 Å². The molecule has 0 aliphatic carbocycles. The van der Waals surface area contributed by atoms with Gasteiger partial charge in [-0.05, 0) is 12.8 Å². The fourth-order valence-corrected chi connectivity index (χ4v) is 1.41. The number of rotatable bonds is 8. The van der Waals surface area contributed by atoms with Crippen molar-refractivity contribution in [3.05, 3.63) is 0 Å². The highest BCUT2D eigenvalue weighted by Gasteiger charge is 2.18. The quantitative estimate of drug-likeness (QED) is 0.383. The Hall–Kier alpha value is -1.54.